The number of thioether (sulfide) groups is 2. The Morgan fingerprint density at radius 1 is 1.40 bits per heavy atom. The third-order valence-electron chi connectivity index (χ3n) is 3.22. The second-order valence-electron chi connectivity index (χ2n) is 5.65. The van der Waals surface area contributed by atoms with Gasteiger partial charge >= 0.3 is 0 Å². The molecular formula is C17H20ClN3O2S2. The lowest BCUT2D eigenvalue weighted by Crippen LogP contribution is -2.16. The monoisotopic (exact) mass is 397 g/mol. The number of H-pyrrole nitrogens is 1. The number of halogens is 1. The highest BCUT2D eigenvalue weighted by atomic mass is 35.5. The minimum Gasteiger partial charge on any atom is -0.325 e. The molecule has 0 spiro atoms. The predicted molar refractivity (Wildman–Crippen MR) is 107 cm³/mol. The van der Waals surface area contributed by atoms with Crippen LogP contribution in [0.2, 0.25) is 5.02 Å². The van der Waals surface area contributed by atoms with Crippen molar-refractivity contribution in [3.63, 3.8) is 0 Å². The van der Waals surface area contributed by atoms with Crippen LogP contribution in [0.1, 0.15) is 25.1 Å². The summed E-state index contributed by atoms with van der Waals surface area (Å²) in [5.41, 5.74) is 2.02. The van der Waals surface area contributed by atoms with Gasteiger partial charge in [0.1, 0.15) is 0 Å². The smallest absolute Gasteiger partial charge is 0.251 e. The van der Waals surface area contributed by atoms with Crippen molar-refractivity contribution in [3.8, 4) is 0 Å². The van der Waals surface area contributed by atoms with Crippen molar-refractivity contribution in [2.45, 2.75) is 36.9 Å². The fourth-order valence-corrected chi connectivity index (χ4v) is 3.46. The highest BCUT2D eigenvalue weighted by molar-refractivity contribution is 7.99. The Morgan fingerprint density at radius 3 is 2.88 bits per heavy atom. The van der Waals surface area contributed by atoms with Crippen LogP contribution < -0.4 is 10.9 Å². The largest absolute Gasteiger partial charge is 0.325 e. The van der Waals surface area contributed by atoms with Crippen molar-refractivity contribution < 1.29 is 4.79 Å². The van der Waals surface area contributed by atoms with Gasteiger partial charge in [0.25, 0.3) is 5.56 Å². The highest BCUT2D eigenvalue weighted by Crippen LogP contribution is 2.23. The first-order chi connectivity index (χ1) is 11.8. The molecule has 134 valence electrons. The van der Waals surface area contributed by atoms with Crippen LogP contribution >= 0.6 is 35.1 Å². The zero-order chi connectivity index (χ0) is 18.4. The number of nitrogens with zero attached hydrogens (tertiary/aromatic N) is 1. The molecule has 0 aliphatic carbocycles. The molecule has 0 aliphatic heterocycles. The van der Waals surface area contributed by atoms with E-state index in [0.29, 0.717) is 26.9 Å². The number of hydrogen-bond donors (Lipinski definition) is 2. The molecule has 0 aliphatic rings. The summed E-state index contributed by atoms with van der Waals surface area (Å²) >= 11 is 8.96. The molecule has 1 aromatic carbocycles. The lowest BCUT2D eigenvalue weighted by atomic mass is 10.2. The normalized spacial score (nSPS) is 10.9. The number of amides is 1. The molecule has 0 saturated carbocycles. The molecule has 1 aromatic heterocycles. The van der Waals surface area contributed by atoms with E-state index in [1.807, 2.05) is 6.92 Å². The Balaban J connectivity index is 1.97. The molecule has 0 radical (unpaired) electrons. The fraction of sp³-hybridized carbons (Fsp3) is 0.353. The zero-order valence-electron chi connectivity index (χ0n) is 14.3. The van der Waals surface area contributed by atoms with Crippen LogP contribution in [-0.2, 0) is 10.5 Å². The van der Waals surface area contributed by atoms with E-state index in [1.54, 1.807) is 30.0 Å². The summed E-state index contributed by atoms with van der Waals surface area (Å²) in [6.45, 7) is 6.03. The van der Waals surface area contributed by atoms with Gasteiger partial charge in [-0.15, -0.1) is 0 Å². The summed E-state index contributed by atoms with van der Waals surface area (Å²) < 4.78 is 0. The van der Waals surface area contributed by atoms with Crippen molar-refractivity contribution in [2.75, 3.05) is 11.1 Å². The van der Waals surface area contributed by atoms with E-state index in [-0.39, 0.29) is 17.2 Å². The van der Waals surface area contributed by atoms with Crippen molar-refractivity contribution in [1.82, 2.24) is 9.97 Å². The third-order valence-corrected chi connectivity index (χ3v) is 5.63. The number of nitrogens with one attached hydrogen (secondary N) is 2. The standard InChI is InChI=1S/C17H20ClN3O2S2/c1-10(2)24-8-12-7-15(22)21-17(19-12)25-9-16(23)20-14-6-4-5-13(18)11(14)3/h4-7,10H,8-9H2,1-3H3,(H,20,23)(H,19,21,22). The number of carbonyl (C=O) groups excluding carboxylic acids is 1. The molecule has 0 atom stereocenters. The predicted octanol–water partition coefficient (Wildman–Crippen LogP) is 4.10. The summed E-state index contributed by atoms with van der Waals surface area (Å²) in [4.78, 5) is 30.9. The number of rotatable bonds is 7. The molecular weight excluding hydrogens is 378 g/mol. The molecule has 1 amide bonds. The lowest BCUT2D eigenvalue weighted by Gasteiger charge is -2.09. The molecule has 0 saturated heterocycles. The molecule has 0 unspecified atom stereocenters. The van der Waals surface area contributed by atoms with Crippen molar-refractivity contribution in [3.05, 3.63) is 50.9 Å². The second-order valence-corrected chi connectivity index (χ2v) is 8.59. The van der Waals surface area contributed by atoms with Crippen LogP contribution in [0.4, 0.5) is 5.69 Å². The van der Waals surface area contributed by atoms with Crippen LogP contribution in [0.5, 0.6) is 0 Å². The summed E-state index contributed by atoms with van der Waals surface area (Å²) in [7, 11) is 0. The van der Waals surface area contributed by atoms with Crippen molar-refractivity contribution in [2.24, 2.45) is 0 Å². The van der Waals surface area contributed by atoms with E-state index in [0.717, 1.165) is 11.3 Å². The molecule has 25 heavy (non-hydrogen) atoms. The molecule has 0 bridgehead atoms. The molecule has 1 heterocycles. The maximum Gasteiger partial charge on any atom is 0.251 e. The van der Waals surface area contributed by atoms with Crippen LogP contribution in [0, 0.1) is 6.92 Å². The highest BCUT2D eigenvalue weighted by Gasteiger charge is 2.09. The quantitative estimate of drug-likeness (QED) is 0.543. The second kappa shape index (κ2) is 9.31. The van der Waals surface area contributed by atoms with E-state index in [4.69, 9.17) is 11.6 Å². The van der Waals surface area contributed by atoms with Crippen LogP contribution in [-0.4, -0.2) is 26.9 Å². The summed E-state index contributed by atoms with van der Waals surface area (Å²) in [6.07, 6.45) is 0. The topological polar surface area (TPSA) is 74.8 Å². The number of carbonyl (C=O) groups is 1. The van der Waals surface area contributed by atoms with E-state index >= 15 is 0 Å². The Hall–Kier alpha value is -1.44. The summed E-state index contributed by atoms with van der Waals surface area (Å²) in [6, 6.07) is 6.85. The van der Waals surface area contributed by atoms with Gasteiger partial charge in [0, 0.05) is 22.5 Å². The molecule has 2 N–H and O–H groups in total. The third kappa shape index (κ3) is 6.41. The minimum atomic E-state index is -0.206. The van der Waals surface area contributed by atoms with Gasteiger partial charge in [-0.1, -0.05) is 43.3 Å². The van der Waals surface area contributed by atoms with E-state index in [2.05, 4.69) is 29.1 Å². The Kier molecular flexibility index (Phi) is 7.40. The number of anilines is 1. The lowest BCUT2D eigenvalue weighted by molar-refractivity contribution is -0.113. The van der Waals surface area contributed by atoms with Gasteiger partial charge in [-0.3, -0.25) is 9.59 Å². The van der Waals surface area contributed by atoms with E-state index in [9.17, 15) is 9.59 Å². The Morgan fingerprint density at radius 2 is 2.16 bits per heavy atom. The van der Waals surface area contributed by atoms with Crippen LogP contribution in [0.3, 0.4) is 0 Å². The van der Waals surface area contributed by atoms with Crippen LogP contribution in [0.25, 0.3) is 0 Å². The van der Waals surface area contributed by atoms with Crippen molar-refractivity contribution >= 4 is 46.7 Å². The average molecular weight is 398 g/mol. The fourth-order valence-electron chi connectivity index (χ4n) is 1.94. The van der Waals surface area contributed by atoms with E-state index < -0.39 is 0 Å². The zero-order valence-corrected chi connectivity index (χ0v) is 16.6. The first-order valence-electron chi connectivity index (χ1n) is 7.74. The molecule has 8 heteroatoms. The number of aromatic amines is 1. The number of hydrogen-bond acceptors (Lipinski definition) is 5. The van der Waals surface area contributed by atoms with Gasteiger partial charge in [0.05, 0.1) is 11.4 Å². The molecule has 2 aromatic rings. The molecule has 5 nitrogen and oxygen atoms in total. The summed E-state index contributed by atoms with van der Waals surface area (Å²) in [5.74, 6) is 0.638. The van der Waals surface area contributed by atoms with Gasteiger partial charge in [-0.05, 0) is 29.9 Å². The first kappa shape index (κ1) is 19.9. The first-order valence-corrected chi connectivity index (χ1v) is 10.2. The Labute approximate surface area is 160 Å². The van der Waals surface area contributed by atoms with Gasteiger partial charge in [-0.25, -0.2) is 4.98 Å². The van der Waals surface area contributed by atoms with Gasteiger partial charge in [0.2, 0.25) is 5.91 Å². The SMILES string of the molecule is Cc1c(Cl)cccc1NC(=O)CSc1nc(CSC(C)C)cc(=O)[nH]1. The van der Waals surface area contributed by atoms with Gasteiger partial charge < -0.3 is 10.3 Å². The van der Waals surface area contributed by atoms with E-state index in [1.165, 1.54) is 17.8 Å². The van der Waals surface area contributed by atoms with Crippen molar-refractivity contribution in [1.29, 1.82) is 0 Å². The van der Waals surface area contributed by atoms with Crippen LogP contribution in [0.15, 0.2) is 34.2 Å². The average Bonchev–Trinajstić information content (AvgIpc) is 2.55. The maximum atomic E-state index is 12.1. The molecule has 2 rings (SSSR count). The Bertz CT molecular complexity index is 809. The summed E-state index contributed by atoms with van der Waals surface area (Å²) in [5, 5.41) is 4.34. The van der Waals surface area contributed by atoms with Gasteiger partial charge in [0.15, 0.2) is 5.16 Å². The molecule has 0 fully saturated rings. The number of aromatic nitrogens is 2. The number of benzene rings is 1. The minimum absolute atomic E-state index is 0.148. The maximum absolute atomic E-state index is 12.1. The van der Waals surface area contributed by atoms with Gasteiger partial charge in [-0.2, -0.15) is 11.8 Å².